The number of aryl methyl sites for hydroxylation is 1. The maximum atomic E-state index is 15.5. The molecule has 4 heterocycles. The number of nitrogens with one attached hydrogen (secondary N) is 1. The molecule has 1 aromatic carbocycles. The predicted molar refractivity (Wildman–Crippen MR) is 146 cm³/mol. The van der Waals surface area contributed by atoms with Crippen LogP contribution in [0.4, 0.5) is 27.4 Å². The van der Waals surface area contributed by atoms with Crippen LogP contribution in [0.3, 0.4) is 0 Å². The zero-order valence-electron chi connectivity index (χ0n) is 21.7. The lowest BCUT2D eigenvalue weighted by Crippen LogP contribution is -2.44. The van der Waals surface area contributed by atoms with Gasteiger partial charge in [0.05, 0.1) is 24.0 Å². The Morgan fingerprint density at radius 2 is 1.92 bits per heavy atom. The third-order valence-corrected chi connectivity index (χ3v) is 7.19. The smallest absolute Gasteiger partial charge is 0.288 e. The van der Waals surface area contributed by atoms with Crippen molar-refractivity contribution in [1.82, 2.24) is 24.4 Å². The fourth-order valence-electron chi connectivity index (χ4n) is 4.81. The number of fused-ring (bicyclic) bond motifs is 1. The molecule has 0 spiro atoms. The Morgan fingerprint density at radius 1 is 1.13 bits per heavy atom. The van der Waals surface area contributed by atoms with Gasteiger partial charge in [0, 0.05) is 43.2 Å². The third-order valence-electron chi connectivity index (χ3n) is 7.19. The van der Waals surface area contributed by atoms with Crippen molar-refractivity contribution >= 4 is 39.8 Å². The Hall–Kier alpha value is -4.56. The lowest BCUT2D eigenvalue weighted by atomic mass is 10.2. The average Bonchev–Trinajstić information content (AvgIpc) is 3.74. The van der Waals surface area contributed by atoms with Crippen LogP contribution < -0.4 is 15.0 Å². The second kappa shape index (κ2) is 9.96. The molecule has 4 aromatic rings. The maximum Gasteiger partial charge on any atom is 0.288 e. The number of hydrogen-bond donors (Lipinski definition) is 1. The van der Waals surface area contributed by atoms with Gasteiger partial charge in [0.15, 0.2) is 11.6 Å². The number of pyridine rings is 1. The summed E-state index contributed by atoms with van der Waals surface area (Å²) in [5.74, 6) is -0.0991. The predicted octanol–water partition coefficient (Wildman–Crippen LogP) is 5.16. The average molecular weight is 527 g/mol. The normalized spacial score (nSPS) is 15.8. The molecule has 6 rings (SSSR count). The zero-order valence-corrected chi connectivity index (χ0v) is 21.7. The summed E-state index contributed by atoms with van der Waals surface area (Å²) in [6.45, 7) is 13.4. The van der Waals surface area contributed by atoms with Gasteiger partial charge in [-0.2, -0.15) is 0 Å². The van der Waals surface area contributed by atoms with Crippen LogP contribution in [0.1, 0.15) is 23.3 Å². The van der Waals surface area contributed by atoms with Crippen LogP contribution in [-0.4, -0.2) is 63.6 Å². The summed E-state index contributed by atoms with van der Waals surface area (Å²) in [5, 5.41) is 3.33. The minimum atomic E-state index is -0.622. The molecule has 1 saturated carbocycles. The molecular weight excluding hydrogens is 499 g/mol. The minimum Gasteiger partial charge on any atom is -0.446 e. The van der Waals surface area contributed by atoms with Gasteiger partial charge < -0.3 is 19.9 Å². The van der Waals surface area contributed by atoms with Crippen LogP contribution in [-0.2, 0) is 0 Å². The zero-order chi connectivity index (χ0) is 27.1. The van der Waals surface area contributed by atoms with Crippen molar-refractivity contribution in [2.24, 2.45) is 5.92 Å². The van der Waals surface area contributed by atoms with Crippen molar-refractivity contribution in [3.05, 3.63) is 65.8 Å². The van der Waals surface area contributed by atoms with E-state index >= 15 is 4.39 Å². The number of hydrogen-bond acceptors (Lipinski definition) is 8. The summed E-state index contributed by atoms with van der Waals surface area (Å²) in [5.41, 5.74) is 2.19. The fourth-order valence-corrected chi connectivity index (χ4v) is 4.81. The highest BCUT2D eigenvalue weighted by atomic mass is 19.1. The van der Waals surface area contributed by atoms with Gasteiger partial charge in [0.25, 0.3) is 5.69 Å². The summed E-state index contributed by atoms with van der Waals surface area (Å²) in [6, 6.07) is 8.55. The Labute approximate surface area is 224 Å². The first-order chi connectivity index (χ1) is 18.9. The molecule has 0 amide bonds. The first kappa shape index (κ1) is 24.8. The maximum absolute atomic E-state index is 15.5. The van der Waals surface area contributed by atoms with E-state index in [-0.39, 0.29) is 40.3 Å². The summed E-state index contributed by atoms with van der Waals surface area (Å²) in [6.07, 6.45) is 4.76. The van der Waals surface area contributed by atoms with E-state index in [2.05, 4.69) is 42.0 Å². The Kier molecular flexibility index (Phi) is 6.32. The van der Waals surface area contributed by atoms with Crippen molar-refractivity contribution in [3.8, 4) is 11.6 Å². The number of ether oxygens (including phenoxy) is 1. The van der Waals surface area contributed by atoms with Gasteiger partial charge in [-0.25, -0.2) is 24.2 Å². The van der Waals surface area contributed by atoms with Crippen LogP contribution in [0.2, 0.25) is 0 Å². The largest absolute Gasteiger partial charge is 0.446 e. The van der Waals surface area contributed by atoms with Gasteiger partial charge in [-0.1, -0.05) is 0 Å². The van der Waals surface area contributed by atoms with Gasteiger partial charge in [-0.3, -0.25) is 9.36 Å². The number of halogens is 1. The van der Waals surface area contributed by atoms with E-state index in [4.69, 9.17) is 11.3 Å². The van der Waals surface area contributed by atoms with Crippen molar-refractivity contribution in [2.45, 2.75) is 19.8 Å². The van der Waals surface area contributed by atoms with Crippen molar-refractivity contribution in [2.75, 3.05) is 43.4 Å². The lowest BCUT2D eigenvalue weighted by Gasteiger charge is -2.33. The molecule has 0 radical (unpaired) electrons. The minimum absolute atomic E-state index is 0.000368. The van der Waals surface area contributed by atoms with E-state index in [0.29, 0.717) is 17.0 Å². The number of likely N-dealkylation sites (N-methyl/N-ethyl adjacent to an activating group) is 1. The van der Waals surface area contributed by atoms with Gasteiger partial charge in [-0.15, -0.1) is 0 Å². The number of nitrogens with zero attached hydrogens (tertiary/aromatic N) is 7. The van der Waals surface area contributed by atoms with Crippen LogP contribution in [0.15, 0.2) is 42.9 Å². The van der Waals surface area contributed by atoms with E-state index in [0.717, 1.165) is 44.7 Å². The SMILES string of the molecule is [C-]#[N+]c1c(Nc2ccc(N3CCN(C)CC3)cn2)ncnc1Oc1ccc2c(cc(C)n2C(=O)C2CC2)c1F. The third kappa shape index (κ3) is 4.75. The standard InChI is InChI=1S/C28H27FN8O2/c1-17-14-20-21(37(17)28(38)18-4-5-18)7-8-22(24(20)29)39-27-25(30-2)26(32-16-33-27)34-23-9-6-19(15-31-23)36-12-10-35(3)11-13-36/h6-9,14-16,18H,4-5,10-13H2,1,3H3,(H,31,32,33,34). The summed E-state index contributed by atoms with van der Waals surface area (Å²) >= 11 is 0. The second-order valence-corrected chi connectivity index (χ2v) is 9.95. The topological polar surface area (TPSA) is 92.8 Å². The fraction of sp³-hybridized carbons (Fsp3) is 0.321. The molecule has 2 aliphatic rings. The molecule has 1 aliphatic heterocycles. The molecule has 0 atom stereocenters. The molecule has 1 aliphatic carbocycles. The Balaban J connectivity index is 1.24. The first-order valence-electron chi connectivity index (χ1n) is 12.8. The van der Waals surface area contributed by atoms with Crippen LogP contribution in [0.25, 0.3) is 15.7 Å². The molecule has 39 heavy (non-hydrogen) atoms. The van der Waals surface area contributed by atoms with E-state index < -0.39 is 5.82 Å². The highest BCUT2D eigenvalue weighted by molar-refractivity contribution is 5.96. The number of piperazine rings is 1. The molecule has 0 unspecified atom stereocenters. The number of carbonyl (C=O) groups excluding carboxylic acids is 1. The number of benzene rings is 1. The number of aromatic nitrogens is 4. The summed E-state index contributed by atoms with van der Waals surface area (Å²) < 4.78 is 22.9. The molecule has 1 saturated heterocycles. The molecule has 11 heteroatoms. The lowest BCUT2D eigenvalue weighted by molar-refractivity contribution is 0.0889. The monoisotopic (exact) mass is 526 g/mol. The van der Waals surface area contributed by atoms with Gasteiger partial charge in [0.1, 0.15) is 18.0 Å². The van der Waals surface area contributed by atoms with E-state index in [1.165, 1.54) is 12.4 Å². The molecule has 198 valence electrons. The van der Waals surface area contributed by atoms with Crippen molar-refractivity contribution < 1.29 is 13.9 Å². The molecular formula is C28H27FN8O2. The van der Waals surface area contributed by atoms with Crippen LogP contribution >= 0.6 is 0 Å². The number of carbonyl (C=O) groups is 1. The van der Waals surface area contributed by atoms with E-state index in [1.54, 1.807) is 29.8 Å². The quantitative estimate of drug-likeness (QED) is 0.345. The van der Waals surface area contributed by atoms with Crippen LogP contribution in [0.5, 0.6) is 11.6 Å². The second-order valence-electron chi connectivity index (χ2n) is 9.95. The number of anilines is 3. The van der Waals surface area contributed by atoms with Crippen LogP contribution in [0, 0.1) is 25.2 Å². The molecule has 2 fully saturated rings. The number of rotatable bonds is 6. The van der Waals surface area contributed by atoms with E-state index in [1.807, 2.05) is 12.1 Å². The van der Waals surface area contributed by atoms with E-state index in [9.17, 15) is 4.79 Å². The first-order valence-corrected chi connectivity index (χ1v) is 12.8. The molecule has 1 N–H and O–H groups in total. The van der Waals surface area contributed by atoms with Gasteiger partial charge >= 0.3 is 0 Å². The molecule has 3 aromatic heterocycles. The van der Waals surface area contributed by atoms with Gasteiger partial charge in [0.2, 0.25) is 11.8 Å². The summed E-state index contributed by atoms with van der Waals surface area (Å²) in [7, 11) is 2.11. The highest BCUT2D eigenvalue weighted by Crippen LogP contribution is 2.39. The molecule has 0 bridgehead atoms. The van der Waals surface area contributed by atoms with Gasteiger partial charge in [-0.05, 0) is 57.1 Å². The van der Waals surface area contributed by atoms with Crippen molar-refractivity contribution in [3.63, 3.8) is 0 Å². The molecule has 10 nitrogen and oxygen atoms in total. The highest BCUT2D eigenvalue weighted by Gasteiger charge is 2.32. The summed E-state index contributed by atoms with van der Waals surface area (Å²) in [4.78, 5) is 33.6. The Bertz CT molecular complexity index is 1600. The Morgan fingerprint density at radius 3 is 2.62 bits per heavy atom. The van der Waals surface area contributed by atoms with Crippen molar-refractivity contribution in [1.29, 1.82) is 0 Å².